The summed E-state index contributed by atoms with van der Waals surface area (Å²) in [4.78, 5) is 25.5. The summed E-state index contributed by atoms with van der Waals surface area (Å²) in [6.45, 7) is 1.19. The van der Waals surface area contributed by atoms with Crippen molar-refractivity contribution in [2.24, 2.45) is 0 Å². The minimum absolute atomic E-state index is 0.250. The number of pyridine rings is 1. The van der Waals surface area contributed by atoms with E-state index in [1.54, 1.807) is 48.5 Å². The van der Waals surface area contributed by atoms with Gasteiger partial charge in [-0.2, -0.15) is 5.10 Å². The zero-order valence-electron chi connectivity index (χ0n) is 24.2. The Morgan fingerprint density at radius 1 is 0.932 bits per heavy atom. The average molecular weight is 593 g/mol. The number of nitrogens with zero attached hydrogens (tertiary/aromatic N) is 6. The maximum absolute atomic E-state index is 15.5. The average Bonchev–Trinajstić information content (AvgIpc) is 3.71. The molecule has 0 unspecified atom stereocenters. The molecule has 0 N–H and O–H groups in total. The first-order chi connectivity index (χ1) is 21.5. The number of halogens is 1. The van der Waals surface area contributed by atoms with Gasteiger partial charge in [0.1, 0.15) is 30.9 Å². The summed E-state index contributed by atoms with van der Waals surface area (Å²) < 4.78 is 35.3. The van der Waals surface area contributed by atoms with Gasteiger partial charge in [-0.25, -0.2) is 28.8 Å². The fourth-order valence-corrected chi connectivity index (χ4v) is 5.00. The Kier molecular flexibility index (Phi) is 8.37. The van der Waals surface area contributed by atoms with Crippen LogP contribution in [0.15, 0.2) is 91.5 Å². The van der Waals surface area contributed by atoms with Gasteiger partial charge in [-0.05, 0) is 42.0 Å². The lowest BCUT2D eigenvalue weighted by Gasteiger charge is -2.12. The number of ether oxygens (including phenoxy) is 3. The van der Waals surface area contributed by atoms with E-state index < -0.39 is 5.97 Å². The van der Waals surface area contributed by atoms with Crippen molar-refractivity contribution < 1.29 is 23.4 Å². The predicted molar refractivity (Wildman–Crippen MR) is 161 cm³/mol. The van der Waals surface area contributed by atoms with Crippen molar-refractivity contribution in [3.8, 4) is 22.8 Å². The van der Waals surface area contributed by atoms with E-state index in [1.807, 2.05) is 47.0 Å². The number of esters is 1. The summed E-state index contributed by atoms with van der Waals surface area (Å²) in [6, 6.07) is 23.4. The van der Waals surface area contributed by atoms with Crippen LogP contribution >= 0.6 is 0 Å². The van der Waals surface area contributed by atoms with Gasteiger partial charge in [-0.15, -0.1) is 0 Å². The van der Waals surface area contributed by atoms with Gasteiger partial charge in [0, 0.05) is 37.3 Å². The number of aromatic nitrogens is 6. The molecule has 0 spiro atoms. The number of hydrogen-bond donors (Lipinski definition) is 0. The van der Waals surface area contributed by atoms with E-state index in [0.29, 0.717) is 52.8 Å². The maximum Gasteiger partial charge on any atom is 0.337 e. The molecule has 0 atom stereocenters. The molecule has 0 bridgehead atoms. The van der Waals surface area contributed by atoms with Gasteiger partial charge in [0.15, 0.2) is 0 Å². The Morgan fingerprint density at radius 2 is 1.82 bits per heavy atom. The van der Waals surface area contributed by atoms with Crippen LogP contribution in [0.1, 0.15) is 27.3 Å². The Morgan fingerprint density at radius 3 is 2.61 bits per heavy atom. The molecule has 10 nitrogen and oxygen atoms in total. The lowest BCUT2D eigenvalue weighted by Crippen LogP contribution is -2.10. The molecule has 3 aromatic heterocycles. The van der Waals surface area contributed by atoms with Crippen LogP contribution in [0.5, 0.6) is 5.88 Å². The molecule has 44 heavy (non-hydrogen) atoms. The number of para-hydroxylation sites is 1. The van der Waals surface area contributed by atoms with Crippen LogP contribution in [-0.4, -0.2) is 56.1 Å². The van der Waals surface area contributed by atoms with Crippen molar-refractivity contribution >= 4 is 17.0 Å². The van der Waals surface area contributed by atoms with Gasteiger partial charge in [0.2, 0.25) is 5.88 Å². The highest BCUT2D eigenvalue weighted by molar-refractivity contribution is 5.93. The first-order valence-electron chi connectivity index (χ1n) is 13.9. The molecule has 0 fully saturated rings. The highest BCUT2D eigenvalue weighted by Gasteiger charge is 2.17. The molecule has 11 heteroatoms. The SMILES string of the molecule is COCCn1c(Cc2ccc(-c3cccc(OCc4ccccc4-n4cncn4)n3)cc2F)nc2ccc(C(=O)OC)cc21. The number of methoxy groups -OCH3 is 2. The molecule has 3 heterocycles. The van der Waals surface area contributed by atoms with E-state index >= 15 is 4.39 Å². The summed E-state index contributed by atoms with van der Waals surface area (Å²) in [6.07, 6.45) is 3.36. The lowest BCUT2D eigenvalue weighted by atomic mass is 10.1. The van der Waals surface area contributed by atoms with Gasteiger partial charge >= 0.3 is 5.97 Å². The van der Waals surface area contributed by atoms with Crippen molar-refractivity contribution in [3.05, 3.63) is 120 Å². The van der Waals surface area contributed by atoms with Crippen LogP contribution in [0.4, 0.5) is 4.39 Å². The van der Waals surface area contributed by atoms with E-state index in [-0.39, 0.29) is 18.8 Å². The summed E-state index contributed by atoms with van der Waals surface area (Å²) in [5.41, 5.74) is 5.33. The molecule has 0 saturated heterocycles. The number of fused-ring (bicyclic) bond motifs is 1. The van der Waals surface area contributed by atoms with E-state index in [1.165, 1.54) is 19.5 Å². The Hall–Kier alpha value is -5.42. The van der Waals surface area contributed by atoms with Crippen molar-refractivity contribution in [3.63, 3.8) is 0 Å². The van der Waals surface area contributed by atoms with Crippen molar-refractivity contribution in [1.82, 2.24) is 29.3 Å². The van der Waals surface area contributed by atoms with Crippen LogP contribution < -0.4 is 4.74 Å². The van der Waals surface area contributed by atoms with Crippen molar-refractivity contribution in [2.45, 2.75) is 19.6 Å². The molecule has 6 rings (SSSR count). The molecular weight excluding hydrogens is 563 g/mol. The third-order valence-corrected chi connectivity index (χ3v) is 7.22. The smallest absolute Gasteiger partial charge is 0.337 e. The molecule has 6 aromatic rings. The summed E-state index contributed by atoms with van der Waals surface area (Å²) in [5, 5.41) is 4.21. The van der Waals surface area contributed by atoms with Crippen LogP contribution in [0.2, 0.25) is 0 Å². The highest BCUT2D eigenvalue weighted by atomic mass is 19.1. The first-order valence-corrected chi connectivity index (χ1v) is 13.9. The maximum atomic E-state index is 15.5. The highest BCUT2D eigenvalue weighted by Crippen LogP contribution is 2.26. The van der Waals surface area contributed by atoms with Crippen LogP contribution in [0.25, 0.3) is 28.0 Å². The monoisotopic (exact) mass is 592 g/mol. The fraction of sp³-hybridized carbons (Fsp3) is 0.182. The molecule has 0 aliphatic heterocycles. The third-order valence-electron chi connectivity index (χ3n) is 7.22. The van der Waals surface area contributed by atoms with Crippen LogP contribution in [-0.2, 0) is 29.0 Å². The zero-order chi connectivity index (χ0) is 30.5. The molecule has 3 aromatic carbocycles. The summed E-state index contributed by atoms with van der Waals surface area (Å²) in [7, 11) is 2.95. The summed E-state index contributed by atoms with van der Waals surface area (Å²) >= 11 is 0. The van der Waals surface area contributed by atoms with E-state index in [0.717, 1.165) is 16.8 Å². The number of carbonyl (C=O) groups excluding carboxylic acids is 1. The third kappa shape index (κ3) is 6.04. The second kappa shape index (κ2) is 12.8. The number of carbonyl (C=O) groups is 1. The minimum atomic E-state index is -0.436. The van der Waals surface area contributed by atoms with Crippen LogP contribution in [0, 0.1) is 5.82 Å². The second-order valence-electron chi connectivity index (χ2n) is 9.97. The number of rotatable bonds is 11. The fourth-order valence-electron chi connectivity index (χ4n) is 5.00. The van der Waals surface area contributed by atoms with Gasteiger partial charge in [-0.3, -0.25) is 0 Å². The number of benzene rings is 3. The standard InChI is InChI=1S/C33H29FN6O4/c1-42-15-14-39-30-17-24(33(41)43-2)12-13-28(30)37-31(39)18-22-10-11-23(16-26(22)34)27-7-5-9-32(38-27)44-19-25-6-3-4-8-29(25)40-21-35-20-36-40/h3-13,16-17,20-21H,14-15,18-19H2,1-2H3. The Bertz CT molecular complexity index is 1920. The molecular formula is C33H29FN6O4. The quantitative estimate of drug-likeness (QED) is 0.184. The zero-order valence-corrected chi connectivity index (χ0v) is 24.2. The lowest BCUT2D eigenvalue weighted by molar-refractivity contribution is 0.0601. The second-order valence-corrected chi connectivity index (χ2v) is 9.97. The Labute approximate surface area is 252 Å². The van der Waals surface area contributed by atoms with Crippen molar-refractivity contribution in [1.29, 1.82) is 0 Å². The summed E-state index contributed by atoms with van der Waals surface area (Å²) in [5.74, 6) is 0.260. The van der Waals surface area contributed by atoms with Crippen LogP contribution in [0.3, 0.4) is 0 Å². The Balaban J connectivity index is 1.22. The molecule has 0 amide bonds. The van der Waals surface area contributed by atoms with E-state index in [2.05, 4.69) is 15.1 Å². The largest absolute Gasteiger partial charge is 0.473 e. The topological polar surface area (TPSA) is 106 Å². The minimum Gasteiger partial charge on any atom is -0.473 e. The van der Waals surface area contributed by atoms with Gasteiger partial charge in [0.25, 0.3) is 0 Å². The van der Waals surface area contributed by atoms with Gasteiger partial charge < -0.3 is 18.8 Å². The molecule has 0 aliphatic carbocycles. The number of hydrogen-bond acceptors (Lipinski definition) is 8. The van der Waals surface area contributed by atoms with E-state index in [4.69, 9.17) is 19.2 Å². The molecule has 0 aliphatic rings. The molecule has 0 saturated carbocycles. The predicted octanol–water partition coefficient (Wildman–Crippen LogP) is 5.42. The molecule has 0 radical (unpaired) electrons. The first kappa shape index (κ1) is 28.7. The number of imidazole rings is 1. The van der Waals surface area contributed by atoms with Crippen molar-refractivity contribution in [2.75, 3.05) is 20.8 Å². The normalized spacial score (nSPS) is 11.2. The molecule has 222 valence electrons. The van der Waals surface area contributed by atoms with E-state index in [9.17, 15) is 4.79 Å². The van der Waals surface area contributed by atoms with Gasteiger partial charge in [0.05, 0.1) is 41.7 Å². The van der Waals surface area contributed by atoms with Gasteiger partial charge in [-0.1, -0.05) is 36.4 Å².